The van der Waals surface area contributed by atoms with Crippen LogP contribution in [0.25, 0.3) is 0 Å². The first-order valence-electron chi connectivity index (χ1n) is 6.35. The third kappa shape index (κ3) is 4.96. The van der Waals surface area contributed by atoms with Gasteiger partial charge < -0.3 is 20.1 Å². The molecule has 124 valence electrons. The molecule has 1 aromatic carbocycles. The Kier molecular flexibility index (Phi) is 6.31. The third-order valence-electron chi connectivity index (χ3n) is 2.67. The molecular weight excluding hydrogens is 325 g/mol. The minimum absolute atomic E-state index is 0.227. The number of hydrogen-bond acceptors (Lipinski definition) is 3. The summed E-state index contributed by atoms with van der Waals surface area (Å²) < 4.78 is 42.1. The van der Waals surface area contributed by atoms with Crippen LogP contribution in [0.4, 0.5) is 23.7 Å². The van der Waals surface area contributed by atoms with Gasteiger partial charge in [0.1, 0.15) is 0 Å². The molecule has 0 aliphatic carbocycles. The van der Waals surface area contributed by atoms with E-state index in [1.807, 2.05) is 0 Å². The average molecular weight is 341 g/mol. The molecule has 9 heteroatoms. The van der Waals surface area contributed by atoms with Crippen LogP contribution < -0.4 is 10.1 Å². The van der Waals surface area contributed by atoms with Gasteiger partial charge in [0.2, 0.25) is 0 Å². The number of benzene rings is 1. The molecule has 1 unspecified atom stereocenters. The van der Waals surface area contributed by atoms with Crippen LogP contribution in [0, 0.1) is 0 Å². The van der Waals surface area contributed by atoms with Crippen molar-refractivity contribution in [1.29, 1.82) is 0 Å². The number of aliphatic hydroxyl groups is 1. The number of nitrogens with one attached hydrogen (secondary N) is 1. The number of halogens is 4. The lowest BCUT2D eigenvalue weighted by Gasteiger charge is -2.23. The van der Waals surface area contributed by atoms with Gasteiger partial charge in [0.25, 0.3) is 0 Å². The number of amides is 2. The summed E-state index contributed by atoms with van der Waals surface area (Å²) in [6.45, 7) is 1.13. The predicted molar refractivity (Wildman–Crippen MR) is 76.3 cm³/mol. The van der Waals surface area contributed by atoms with E-state index >= 15 is 0 Å². The first-order chi connectivity index (χ1) is 10.2. The van der Waals surface area contributed by atoms with Gasteiger partial charge in [-0.3, -0.25) is 0 Å². The van der Waals surface area contributed by atoms with Crippen molar-refractivity contribution in [2.45, 2.75) is 19.2 Å². The number of anilines is 1. The second-order valence-corrected chi connectivity index (χ2v) is 4.82. The highest BCUT2D eigenvalue weighted by atomic mass is 35.5. The smallest absolute Gasteiger partial charge is 0.416 e. The number of para-hydroxylation sites is 1. The largest absolute Gasteiger partial charge is 0.490 e. The maximum absolute atomic E-state index is 12.3. The zero-order valence-corrected chi connectivity index (χ0v) is 12.7. The molecule has 2 N–H and O–H groups in total. The molecule has 0 aliphatic rings. The summed E-state index contributed by atoms with van der Waals surface area (Å²) in [7, 11) is 1.13. The number of carbonyl (C=O) groups excluding carboxylic acids is 1. The molecule has 0 bridgehead atoms. The van der Waals surface area contributed by atoms with Crippen LogP contribution in [0.5, 0.6) is 5.75 Å². The minimum atomic E-state index is -4.79. The second-order valence-electron chi connectivity index (χ2n) is 4.42. The number of hydrogen-bond donors (Lipinski definition) is 2. The van der Waals surface area contributed by atoms with Gasteiger partial charge >= 0.3 is 12.2 Å². The van der Waals surface area contributed by atoms with E-state index in [0.29, 0.717) is 6.61 Å². The number of rotatable bonds is 5. The fraction of sp³-hybridized carbons (Fsp3) is 0.462. The predicted octanol–water partition coefficient (Wildman–Crippen LogP) is 3.13. The third-order valence-corrected chi connectivity index (χ3v) is 2.97. The lowest BCUT2D eigenvalue weighted by molar-refractivity contribution is -0.205. The number of alkyl halides is 3. The van der Waals surface area contributed by atoms with Crippen molar-refractivity contribution in [3.05, 3.63) is 23.2 Å². The Bertz CT molecular complexity index is 526. The van der Waals surface area contributed by atoms with Crippen molar-refractivity contribution < 1.29 is 27.8 Å². The summed E-state index contributed by atoms with van der Waals surface area (Å²) in [5.74, 6) is 0.227. The van der Waals surface area contributed by atoms with Gasteiger partial charge in [-0.2, -0.15) is 13.2 Å². The number of nitrogens with zero attached hydrogens (tertiary/aromatic N) is 1. The van der Waals surface area contributed by atoms with Crippen LogP contribution in [0.3, 0.4) is 0 Å². The molecule has 0 heterocycles. The van der Waals surface area contributed by atoms with Gasteiger partial charge in [-0.1, -0.05) is 17.7 Å². The topological polar surface area (TPSA) is 61.8 Å². The van der Waals surface area contributed by atoms with Crippen LogP contribution in [-0.4, -0.2) is 48.5 Å². The second kappa shape index (κ2) is 7.55. The Morgan fingerprint density at radius 1 is 1.50 bits per heavy atom. The molecule has 0 radical (unpaired) electrons. The van der Waals surface area contributed by atoms with Crippen molar-refractivity contribution in [1.82, 2.24) is 4.90 Å². The SMILES string of the molecule is CCOc1c(Cl)cccc1NC(=O)N(C)CC(O)C(F)(F)F. The summed E-state index contributed by atoms with van der Waals surface area (Å²) in [6.07, 6.45) is -7.41. The standard InChI is InChI=1S/C13H16ClF3N2O3/c1-3-22-11-8(14)5-4-6-9(11)18-12(21)19(2)7-10(20)13(15,16)17/h4-6,10,20H,3,7H2,1-2H3,(H,18,21). The highest BCUT2D eigenvalue weighted by Gasteiger charge is 2.39. The van der Waals surface area contributed by atoms with Gasteiger partial charge in [0.15, 0.2) is 11.9 Å². The van der Waals surface area contributed by atoms with Crippen LogP contribution in [0.1, 0.15) is 6.92 Å². The van der Waals surface area contributed by atoms with Crippen LogP contribution in [0.15, 0.2) is 18.2 Å². The summed E-state index contributed by atoms with van der Waals surface area (Å²) >= 11 is 5.94. The van der Waals surface area contributed by atoms with E-state index in [0.717, 1.165) is 11.9 Å². The lowest BCUT2D eigenvalue weighted by atomic mass is 10.3. The van der Waals surface area contributed by atoms with E-state index in [4.69, 9.17) is 21.4 Å². The molecule has 0 spiro atoms. The van der Waals surface area contributed by atoms with E-state index in [1.165, 1.54) is 6.07 Å². The molecule has 0 saturated heterocycles. The quantitative estimate of drug-likeness (QED) is 0.865. The molecule has 2 amide bonds. The van der Waals surface area contributed by atoms with Crippen LogP contribution in [-0.2, 0) is 0 Å². The van der Waals surface area contributed by atoms with Gasteiger partial charge in [-0.15, -0.1) is 0 Å². The van der Waals surface area contributed by atoms with Gasteiger partial charge in [-0.05, 0) is 19.1 Å². The molecular formula is C13H16ClF3N2O3. The molecule has 0 aromatic heterocycles. The van der Waals surface area contributed by atoms with Gasteiger partial charge in [-0.25, -0.2) is 4.79 Å². The Morgan fingerprint density at radius 2 is 2.14 bits per heavy atom. The lowest BCUT2D eigenvalue weighted by Crippen LogP contribution is -2.43. The zero-order valence-electron chi connectivity index (χ0n) is 11.9. The van der Waals surface area contributed by atoms with Crippen LogP contribution in [0.2, 0.25) is 5.02 Å². The van der Waals surface area contributed by atoms with Crippen molar-refractivity contribution in [2.75, 3.05) is 25.5 Å². The maximum Gasteiger partial charge on any atom is 0.416 e. The monoisotopic (exact) mass is 340 g/mol. The number of carbonyl (C=O) groups is 1. The van der Waals surface area contributed by atoms with Crippen molar-refractivity contribution >= 4 is 23.3 Å². The summed E-state index contributed by atoms with van der Waals surface area (Å²) in [5, 5.41) is 11.6. The van der Waals surface area contributed by atoms with E-state index < -0.39 is 24.9 Å². The Hall–Kier alpha value is -1.67. The van der Waals surface area contributed by atoms with Crippen molar-refractivity contribution in [3.8, 4) is 5.75 Å². The molecule has 1 aromatic rings. The van der Waals surface area contributed by atoms with E-state index in [-0.39, 0.29) is 16.5 Å². The van der Waals surface area contributed by atoms with Crippen molar-refractivity contribution in [3.63, 3.8) is 0 Å². The van der Waals surface area contributed by atoms with Gasteiger partial charge in [0.05, 0.1) is 23.9 Å². The maximum atomic E-state index is 12.3. The molecule has 0 aliphatic heterocycles. The number of aliphatic hydroxyl groups excluding tert-OH is 1. The normalized spacial score (nSPS) is 12.7. The molecule has 1 rings (SSSR count). The summed E-state index contributed by atoms with van der Waals surface area (Å²) in [5.41, 5.74) is 0.229. The highest BCUT2D eigenvalue weighted by Crippen LogP contribution is 2.33. The Labute approximate surface area is 130 Å². The molecule has 5 nitrogen and oxygen atoms in total. The highest BCUT2D eigenvalue weighted by molar-refractivity contribution is 6.32. The van der Waals surface area contributed by atoms with E-state index in [1.54, 1.807) is 19.1 Å². The number of ether oxygens (including phenoxy) is 1. The fourth-order valence-corrected chi connectivity index (χ4v) is 1.78. The fourth-order valence-electron chi connectivity index (χ4n) is 1.55. The Balaban J connectivity index is 2.78. The number of urea groups is 1. The molecule has 0 fully saturated rings. The molecule has 0 saturated carbocycles. The minimum Gasteiger partial charge on any atom is -0.490 e. The zero-order chi connectivity index (χ0) is 16.9. The van der Waals surface area contributed by atoms with Crippen molar-refractivity contribution in [2.24, 2.45) is 0 Å². The van der Waals surface area contributed by atoms with Gasteiger partial charge in [0, 0.05) is 7.05 Å². The van der Waals surface area contributed by atoms with E-state index in [9.17, 15) is 18.0 Å². The molecule has 1 atom stereocenters. The number of likely N-dealkylation sites (N-methyl/N-ethyl adjacent to an activating group) is 1. The van der Waals surface area contributed by atoms with E-state index in [2.05, 4.69) is 5.32 Å². The summed E-state index contributed by atoms with van der Waals surface area (Å²) in [4.78, 5) is 12.6. The molecule has 22 heavy (non-hydrogen) atoms. The first kappa shape index (κ1) is 18.4. The van der Waals surface area contributed by atoms with Crippen LogP contribution >= 0.6 is 11.6 Å². The average Bonchev–Trinajstić information content (AvgIpc) is 2.41. The first-order valence-corrected chi connectivity index (χ1v) is 6.72. The Morgan fingerprint density at radius 3 is 2.68 bits per heavy atom. The summed E-state index contributed by atoms with van der Waals surface area (Å²) in [6, 6.07) is 3.79.